The van der Waals surface area contributed by atoms with E-state index in [0.717, 1.165) is 23.3 Å². The molecule has 5 nitrogen and oxygen atoms in total. The summed E-state index contributed by atoms with van der Waals surface area (Å²) in [7, 11) is 0. The van der Waals surface area contributed by atoms with Crippen molar-refractivity contribution in [3.63, 3.8) is 0 Å². The van der Waals surface area contributed by atoms with E-state index in [9.17, 15) is 0 Å². The molecule has 0 radical (unpaired) electrons. The Bertz CT molecular complexity index is 770. The van der Waals surface area contributed by atoms with E-state index in [1.54, 1.807) is 0 Å². The molecular formula is C19H22ClN3O2. The van der Waals surface area contributed by atoms with E-state index in [0.29, 0.717) is 31.3 Å². The number of benzene rings is 2. The van der Waals surface area contributed by atoms with E-state index in [2.05, 4.69) is 22.3 Å². The number of nitrogens with two attached hydrogens (primary N) is 1. The van der Waals surface area contributed by atoms with Crippen molar-refractivity contribution in [2.24, 2.45) is 5.73 Å². The predicted molar refractivity (Wildman–Crippen MR) is 99.9 cm³/mol. The van der Waals surface area contributed by atoms with Crippen molar-refractivity contribution in [1.29, 1.82) is 0 Å². The van der Waals surface area contributed by atoms with Crippen molar-refractivity contribution in [2.45, 2.75) is 26.3 Å². The highest BCUT2D eigenvalue weighted by atomic mass is 35.5. The molecule has 0 unspecified atom stereocenters. The van der Waals surface area contributed by atoms with Crippen molar-refractivity contribution < 1.29 is 9.26 Å². The van der Waals surface area contributed by atoms with Crippen molar-refractivity contribution in [3.05, 3.63) is 65.5 Å². The average Bonchev–Trinajstić information content (AvgIpc) is 3.10. The molecule has 25 heavy (non-hydrogen) atoms. The van der Waals surface area contributed by atoms with Crippen LogP contribution in [0.3, 0.4) is 0 Å². The Balaban J connectivity index is 0.00000225. The van der Waals surface area contributed by atoms with Gasteiger partial charge < -0.3 is 15.0 Å². The van der Waals surface area contributed by atoms with Crippen LogP contribution in [0.4, 0.5) is 0 Å². The summed E-state index contributed by atoms with van der Waals surface area (Å²) in [6, 6.07) is 16.0. The summed E-state index contributed by atoms with van der Waals surface area (Å²) in [6.45, 7) is 3.18. The Labute approximate surface area is 153 Å². The molecule has 1 heterocycles. The van der Waals surface area contributed by atoms with Crippen molar-refractivity contribution in [1.82, 2.24) is 10.1 Å². The van der Waals surface area contributed by atoms with Gasteiger partial charge in [0.05, 0.1) is 6.61 Å². The summed E-state index contributed by atoms with van der Waals surface area (Å²) in [6.07, 6.45) is 1.56. The summed E-state index contributed by atoms with van der Waals surface area (Å²) in [5.41, 5.74) is 8.83. The fraction of sp³-hybridized carbons (Fsp3) is 0.263. The third kappa shape index (κ3) is 5.05. The number of hydrogen-bond acceptors (Lipinski definition) is 5. The van der Waals surface area contributed by atoms with Crippen LogP contribution >= 0.6 is 12.4 Å². The number of ether oxygens (including phenoxy) is 1. The minimum absolute atomic E-state index is 0. The van der Waals surface area contributed by atoms with Gasteiger partial charge in [0.15, 0.2) is 0 Å². The Morgan fingerprint density at radius 3 is 2.28 bits per heavy atom. The first-order valence-electron chi connectivity index (χ1n) is 8.12. The lowest BCUT2D eigenvalue weighted by atomic mass is 10.1. The summed E-state index contributed by atoms with van der Waals surface area (Å²) in [5, 5.41) is 4.06. The first-order valence-corrected chi connectivity index (χ1v) is 8.12. The molecule has 0 aliphatic rings. The number of halogens is 1. The minimum Gasteiger partial charge on any atom is -0.494 e. The molecule has 0 atom stereocenters. The zero-order valence-corrected chi connectivity index (χ0v) is 15.0. The minimum atomic E-state index is 0. The molecule has 6 heteroatoms. The van der Waals surface area contributed by atoms with E-state index >= 15 is 0 Å². The van der Waals surface area contributed by atoms with Gasteiger partial charge in [-0.15, -0.1) is 12.4 Å². The van der Waals surface area contributed by atoms with Crippen LogP contribution in [0.1, 0.15) is 23.9 Å². The molecule has 0 fully saturated rings. The summed E-state index contributed by atoms with van der Waals surface area (Å²) in [5.74, 6) is 2.14. The van der Waals surface area contributed by atoms with Gasteiger partial charge >= 0.3 is 0 Å². The number of hydrogen-bond donors (Lipinski definition) is 1. The van der Waals surface area contributed by atoms with Gasteiger partial charge in [0.2, 0.25) is 11.7 Å². The lowest BCUT2D eigenvalue weighted by Crippen LogP contribution is -1.95. The number of rotatable bonds is 7. The maximum Gasteiger partial charge on any atom is 0.227 e. The molecule has 3 rings (SSSR count). The highest BCUT2D eigenvalue weighted by Crippen LogP contribution is 2.18. The molecule has 3 aromatic rings. The second-order valence-corrected chi connectivity index (χ2v) is 5.49. The van der Waals surface area contributed by atoms with Crippen LogP contribution in [0.25, 0.3) is 11.4 Å². The summed E-state index contributed by atoms with van der Waals surface area (Å²) in [4.78, 5) is 4.46. The average molecular weight is 360 g/mol. The third-order valence-electron chi connectivity index (χ3n) is 3.78. The van der Waals surface area contributed by atoms with Crippen molar-refractivity contribution in [3.8, 4) is 17.1 Å². The topological polar surface area (TPSA) is 74.2 Å². The zero-order chi connectivity index (χ0) is 16.8. The summed E-state index contributed by atoms with van der Waals surface area (Å²) >= 11 is 0. The zero-order valence-electron chi connectivity index (χ0n) is 14.1. The molecule has 0 saturated heterocycles. The Morgan fingerprint density at radius 2 is 1.64 bits per heavy atom. The number of nitrogens with zero attached hydrogens (tertiary/aromatic N) is 2. The fourth-order valence-corrected chi connectivity index (χ4v) is 2.43. The van der Waals surface area contributed by atoms with Gasteiger partial charge in [-0.1, -0.05) is 41.6 Å². The van der Waals surface area contributed by atoms with Crippen LogP contribution in [-0.4, -0.2) is 16.7 Å². The van der Waals surface area contributed by atoms with Gasteiger partial charge in [0, 0.05) is 18.5 Å². The summed E-state index contributed by atoms with van der Waals surface area (Å²) < 4.78 is 10.8. The number of aromatic nitrogens is 2. The van der Waals surface area contributed by atoms with Crippen molar-refractivity contribution in [2.75, 3.05) is 6.61 Å². The van der Waals surface area contributed by atoms with Crippen LogP contribution in [0.2, 0.25) is 0 Å². The first kappa shape index (κ1) is 19.0. The van der Waals surface area contributed by atoms with E-state index in [1.807, 2.05) is 43.3 Å². The number of aryl methyl sites for hydroxylation is 2. The molecule has 0 bridgehead atoms. The standard InChI is InChI=1S/C19H21N3O2.ClH/c1-2-23-17-10-5-14(6-11-17)7-12-18-21-19(22-24-18)16-8-3-15(13-20)4-9-16;/h3-6,8-11H,2,7,12-13,20H2,1H3;1H. The van der Waals surface area contributed by atoms with Gasteiger partial charge in [0.1, 0.15) is 5.75 Å². The lowest BCUT2D eigenvalue weighted by Gasteiger charge is -2.03. The van der Waals surface area contributed by atoms with Gasteiger partial charge in [-0.2, -0.15) is 4.98 Å². The lowest BCUT2D eigenvalue weighted by molar-refractivity contribution is 0.340. The van der Waals surface area contributed by atoms with Crippen LogP contribution < -0.4 is 10.5 Å². The Hall–Kier alpha value is -2.37. The normalized spacial score (nSPS) is 10.3. The maximum atomic E-state index is 5.61. The van der Waals surface area contributed by atoms with E-state index in [-0.39, 0.29) is 12.4 Å². The van der Waals surface area contributed by atoms with Crippen LogP contribution in [0, 0.1) is 0 Å². The van der Waals surface area contributed by atoms with E-state index < -0.39 is 0 Å². The molecule has 0 aliphatic heterocycles. The first-order chi connectivity index (χ1) is 11.8. The predicted octanol–water partition coefficient (Wildman–Crippen LogP) is 3.80. The molecule has 132 valence electrons. The van der Waals surface area contributed by atoms with Gasteiger partial charge in [0.25, 0.3) is 0 Å². The molecule has 0 spiro atoms. The van der Waals surface area contributed by atoms with Crippen LogP contribution in [0.15, 0.2) is 53.1 Å². The second kappa shape index (κ2) is 9.20. The molecule has 1 aromatic heterocycles. The van der Waals surface area contributed by atoms with Crippen molar-refractivity contribution >= 4 is 12.4 Å². The van der Waals surface area contributed by atoms with Gasteiger partial charge in [-0.25, -0.2) is 0 Å². The highest BCUT2D eigenvalue weighted by Gasteiger charge is 2.09. The van der Waals surface area contributed by atoms with E-state index in [4.69, 9.17) is 15.0 Å². The van der Waals surface area contributed by atoms with Crippen LogP contribution in [0.5, 0.6) is 5.75 Å². The van der Waals surface area contributed by atoms with Gasteiger partial charge in [-0.05, 0) is 36.6 Å². The monoisotopic (exact) mass is 359 g/mol. The Morgan fingerprint density at radius 1 is 0.960 bits per heavy atom. The molecule has 2 N–H and O–H groups in total. The van der Waals surface area contributed by atoms with E-state index in [1.165, 1.54) is 5.56 Å². The fourth-order valence-electron chi connectivity index (χ4n) is 2.43. The molecular weight excluding hydrogens is 338 g/mol. The smallest absolute Gasteiger partial charge is 0.227 e. The highest BCUT2D eigenvalue weighted by molar-refractivity contribution is 5.85. The largest absolute Gasteiger partial charge is 0.494 e. The molecule has 0 saturated carbocycles. The third-order valence-corrected chi connectivity index (χ3v) is 3.78. The molecule has 0 amide bonds. The molecule has 0 aliphatic carbocycles. The van der Waals surface area contributed by atoms with Crippen LogP contribution in [-0.2, 0) is 19.4 Å². The Kier molecular flexibility index (Phi) is 6.98. The SMILES string of the molecule is CCOc1ccc(CCc2nc(-c3ccc(CN)cc3)no2)cc1.Cl. The molecule has 2 aromatic carbocycles. The second-order valence-electron chi connectivity index (χ2n) is 5.49. The maximum absolute atomic E-state index is 5.61. The van der Waals surface area contributed by atoms with Gasteiger partial charge in [-0.3, -0.25) is 0 Å². The quantitative estimate of drug-likeness (QED) is 0.694.